The smallest absolute Gasteiger partial charge is 0.383 e. The van der Waals surface area contributed by atoms with Gasteiger partial charge in [-0.15, -0.1) is 0 Å². The van der Waals surface area contributed by atoms with Crippen molar-refractivity contribution in [2.24, 2.45) is 0 Å². The Morgan fingerprint density at radius 1 is 1.35 bits per heavy atom. The summed E-state index contributed by atoms with van der Waals surface area (Å²) < 4.78 is 37.7. The van der Waals surface area contributed by atoms with E-state index >= 15 is 0 Å². The highest BCUT2D eigenvalue weighted by atomic mass is 35.5. The first-order chi connectivity index (χ1) is 9.20. The summed E-state index contributed by atoms with van der Waals surface area (Å²) in [6, 6.07) is 3.06. The third-order valence-electron chi connectivity index (χ3n) is 2.41. The van der Waals surface area contributed by atoms with Gasteiger partial charge in [0.25, 0.3) is 0 Å². The molecule has 112 valence electrons. The van der Waals surface area contributed by atoms with Crippen molar-refractivity contribution in [2.45, 2.75) is 32.5 Å². The molecule has 0 fully saturated rings. The number of anilines is 1. The van der Waals surface area contributed by atoms with Gasteiger partial charge in [0, 0.05) is 19.0 Å². The second-order valence-electron chi connectivity index (χ2n) is 4.59. The highest BCUT2D eigenvalue weighted by Crippen LogP contribution is 2.33. The highest BCUT2D eigenvalue weighted by molar-refractivity contribution is 6.33. The van der Waals surface area contributed by atoms with E-state index in [0.29, 0.717) is 0 Å². The molecule has 7 heteroatoms. The van der Waals surface area contributed by atoms with Crippen LogP contribution in [0.15, 0.2) is 18.2 Å². The summed E-state index contributed by atoms with van der Waals surface area (Å²) >= 11 is 5.82. The molecule has 0 aromatic heterocycles. The molecule has 1 amide bonds. The molecule has 2 N–H and O–H groups in total. The van der Waals surface area contributed by atoms with Crippen LogP contribution in [0.4, 0.5) is 18.9 Å². The molecule has 0 saturated heterocycles. The Morgan fingerprint density at radius 3 is 2.55 bits per heavy atom. The lowest BCUT2D eigenvalue weighted by atomic mass is 10.2. The number of halogens is 4. The van der Waals surface area contributed by atoms with Gasteiger partial charge in [-0.05, 0) is 32.0 Å². The van der Waals surface area contributed by atoms with E-state index in [4.69, 9.17) is 11.6 Å². The van der Waals surface area contributed by atoms with Gasteiger partial charge in [-0.2, -0.15) is 13.2 Å². The molecule has 3 nitrogen and oxygen atoms in total. The monoisotopic (exact) mass is 308 g/mol. The third kappa shape index (κ3) is 5.28. The number of alkyl halides is 3. The number of amides is 1. The minimum Gasteiger partial charge on any atom is -0.383 e. The number of hydrogen-bond acceptors (Lipinski definition) is 2. The van der Waals surface area contributed by atoms with Crippen molar-refractivity contribution in [3.05, 3.63) is 28.8 Å². The maximum absolute atomic E-state index is 12.6. The van der Waals surface area contributed by atoms with Gasteiger partial charge in [0.05, 0.1) is 16.3 Å². The highest BCUT2D eigenvalue weighted by Gasteiger charge is 2.30. The topological polar surface area (TPSA) is 41.1 Å². The molecule has 0 aliphatic rings. The zero-order valence-corrected chi connectivity index (χ0v) is 11.9. The number of carbonyl (C=O) groups is 1. The van der Waals surface area contributed by atoms with Crippen LogP contribution in [0.1, 0.15) is 25.8 Å². The minimum atomic E-state index is -4.42. The average molecular weight is 309 g/mol. The molecule has 0 saturated carbocycles. The first kappa shape index (κ1) is 16.6. The van der Waals surface area contributed by atoms with Gasteiger partial charge in [-0.3, -0.25) is 4.79 Å². The summed E-state index contributed by atoms with van der Waals surface area (Å²) in [6.45, 7) is 3.86. The Hall–Kier alpha value is -1.43. The fourth-order valence-electron chi connectivity index (χ4n) is 1.54. The standard InChI is InChI=1S/C13H16ClF3N2O/c1-8(2)19-12(20)5-6-18-11-7-9(13(15,16)17)3-4-10(11)14/h3-4,7-8,18H,5-6H2,1-2H3,(H,19,20). The third-order valence-corrected chi connectivity index (χ3v) is 2.74. The second-order valence-corrected chi connectivity index (χ2v) is 5.00. The summed E-state index contributed by atoms with van der Waals surface area (Å²) in [5, 5.41) is 5.61. The van der Waals surface area contributed by atoms with Crippen LogP contribution < -0.4 is 10.6 Å². The maximum atomic E-state index is 12.6. The largest absolute Gasteiger partial charge is 0.416 e. The van der Waals surface area contributed by atoms with Crippen molar-refractivity contribution in [3.8, 4) is 0 Å². The quantitative estimate of drug-likeness (QED) is 0.871. The average Bonchev–Trinajstić information content (AvgIpc) is 2.29. The Morgan fingerprint density at radius 2 is 2.00 bits per heavy atom. The Bertz CT molecular complexity index is 475. The number of carbonyl (C=O) groups excluding carboxylic acids is 1. The molecule has 0 aliphatic carbocycles. The molecule has 0 spiro atoms. The van der Waals surface area contributed by atoms with Crippen LogP contribution in [-0.2, 0) is 11.0 Å². The fraction of sp³-hybridized carbons (Fsp3) is 0.462. The van der Waals surface area contributed by atoms with Gasteiger partial charge in [-0.1, -0.05) is 11.6 Å². The van der Waals surface area contributed by atoms with Gasteiger partial charge in [0.2, 0.25) is 5.91 Å². The van der Waals surface area contributed by atoms with Crippen molar-refractivity contribution < 1.29 is 18.0 Å². The summed E-state index contributed by atoms with van der Waals surface area (Å²) in [6.07, 6.45) is -4.26. The summed E-state index contributed by atoms with van der Waals surface area (Å²) in [5.41, 5.74) is -0.616. The number of nitrogens with one attached hydrogen (secondary N) is 2. The predicted molar refractivity (Wildman–Crippen MR) is 72.8 cm³/mol. The van der Waals surface area contributed by atoms with Gasteiger partial charge in [0.15, 0.2) is 0 Å². The fourth-order valence-corrected chi connectivity index (χ4v) is 1.73. The molecule has 0 radical (unpaired) electrons. The van der Waals surface area contributed by atoms with E-state index < -0.39 is 11.7 Å². The van der Waals surface area contributed by atoms with Crippen molar-refractivity contribution >= 4 is 23.2 Å². The number of benzene rings is 1. The van der Waals surface area contributed by atoms with Gasteiger partial charge in [-0.25, -0.2) is 0 Å². The van der Waals surface area contributed by atoms with E-state index in [1.54, 1.807) is 0 Å². The van der Waals surface area contributed by atoms with E-state index in [1.165, 1.54) is 6.07 Å². The van der Waals surface area contributed by atoms with Crippen LogP contribution in [0.25, 0.3) is 0 Å². The first-order valence-corrected chi connectivity index (χ1v) is 6.48. The van der Waals surface area contributed by atoms with Crippen molar-refractivity contribution in [1.82, 2.24) is 5.32 Å². The normalized spacial score (nSPS) is 11.6. The Balaban J connectivity index is 2.62. The van der Waals surface area contributed by atoms with Crippen LogP contribution >= 0.6 is 11.6 Å². The molecule has 0 bridgehead atoms. The van der Waals surface area contributed by atoms with Crippen LogP contribution in [-0.4, -0.2) is 18.5 Å². The first-order valence-electron chi connectivity index (χ1n) is 6.10. The Kier molecular flexibility index (Phi) is 5.68. The molecule has 1 aromatic carbocycles. The molecule has 20 heavy (non-hydrogen) atoms. The molecule has 0 heterocycles. The molecular weight excluding hydrogens is 293 g/mol. The molecule has 0 aliphatic heterocycles. The Labute approximate surface area is 120 Å². The molecule has 1 aromatic rings. The number of hydrogen-bond donors (Lipinski definition) is 2. The minimum absolute atomic E-state index is 0.0274. The van der Waals surface area contributed by atoms with Gasteiger partial charge >= 0.3 is 6.18 Å². The van der Waals surface area contributed by atoms with E-state index in [1.807, 2.05) is 13.8 Å². The van der Waals surface area contributed by atoms with Gasteiger partial charge in [0.1, 0.15) is 0 Å². The van der Waals surface area contributed by atoms with Crippen LogP contribution in [0, 0.1) is 0 Å². The van der Waals surface area contributed by atoms with Crippen LogP contribution in [0.5, 0.6) is 0 Å². The lowest BCUT2D eigenvalue weighted by Gasteiger charge is -2.13. The van der Waals surface area contributed by atoms with Crippen molar-refractivity contribution in [1.29, 1.82) is 0 Å². The molecule has 1 rings (SSSR count). The summed E-state index contributed by atoms with van der Waals surface area (Å²) in [4.78, 5) is 11.4. The SMILES string of the molecule is CC(C)NC(=O)CCNc1cc(C(F)(F)F)ccc1Cl. The number of rotatable bonds is 5. The lowest BCUT2D eigenvalue weighted by Crippen LogP contribution is -2.31. The summed E-state index contributed by atoms with van der Waals surface area (Å²) in [7, 11) is 0. The zero-order valence-electron chi connectivity index (χ0n) is 11.1. The van der Waals surface area contributed by atoms with Crippen molar-refractivity contribution in [3.63, 3.8) is 0 Å². The van der Waals surface area contributed by atoms with E-state index in [9.17, 15) is 18.0 Å². The van der Waals surface area contributed by atoms with E-state index in [2.05, 4.69) is 10.6 Å². The molecule has 0 atom stereocenters. The van der Waals surface area contributed by atoms with Gasteiger partial charge < -0.3 is 10.6 Å². The zero-order chi connectivity index (χ0) is 15.3. The van der Waals surface area contributed by atoms with Crippen molar-refractivity contribution in [2.75, 3.05) is 11.9 Å². The van der Waals surface area contributed by atoms with Crippen LogP contribution in [0.3, 0.4) is 0 Å². The maximum Gasteiger partial charge on any atom is 0.416 e. The summed E-state index contributed by atoms with van der Waals surface area (Å²) in [5.74, 6) is -0.171. The molecular formula is C13H16ClF3N2O. The second kappa shape index (κ2) is 6.83. The lowest BCUT2D eigenvalue weighted by molar-refractivity contribution is -0.137. The van der Waals surface area contributed by atoms with E-state index in [-0.39, 0.29) is 35.6 Å². The molecule has 0 unspecified atom stereocenters. The van der Waals surface area contributed by atoms with E-state index in [0.717, 1.165) is 12.1 Å². The predicted octanol–water partition coefficient (Wildman–Crippen LogP) is 3.69. The van der Waals surface area contributed by atoms with Crippen LogP contribution in [0.2, 0.25) is 5.02 Å².